The summed E-state index contributed by atoms with van der Waals surface area (Å²) in [6, 6.07) is 9.50. The van der Waals surface area contributed by atoms with Gasteiger partial charge in [-0.1, -0.05) is 19.9 Å². The molecule has 0 amide bonds. The van der Waals surface area contributed by atoms with E-state index in [4.69, 9.17) is 19.4 Å². The molecule has 0 saturated heterocycles. The van der Waals surface area contributed by atoms with Crippen molar-refractivity contribution in [3.8, 4) is 22.6 Å². The van der Waals surface area contributed by atoms with Crippen LogP contribution in [0, 0.1) is 12.3 Å². The third-order valence-corrected chi connectivity index (χ3v) is 8.90. The van der Waals surface area contributed by atoms with Crippen molar-refractivity contribution >= 4 is 15.7 Å². The predicted octanol–water partition coefficient (Wildman–Crippen LogP) is 4.84. The Morgan fingerprint density at radius 1 is 1.12 bits per heavy atom. The van der Waals surface area contributed by atoms with E-state index in [9.17, 15) is 8.42 Å². The van der Waals surface area contributed by atoms with Gasteiger partial charge in [-0.15, -0.1) is 0 Å². The van der Waals surface area contributed by atoms with Crippen LogP contribution < -0.4 is 14.4 Å². The van der Waals surface area contributed by atoms with Crippen LogP contribution in [0.1, 0.15) is 48.5 Å². The van der Waals surface area contributed by atoms with Crippen LogP contribution in [0.5, 0.6) is 11.5 Å². The monoisotopic (exact) mass is 564 g/mol. The number of methoxy groups -OCH3 is 1. The van der Waals surface area contributed by atoms with Crippen LogP contribution in [0.3, 0.4) is 0 Å². The fourth-order valence-corrected chi connectivity index (χ4v) is 6.66. The lowest BCUT2D eigenvalue weighted by atomic mass is 9.76. The van der Waals surface area contributed by atoms with E-state index >= 15 is 0 Å². The van der Waals surface area contributed by atoms with E-state index in [2.05, 4.69) is 35.8 Å². The van der Waals surface area contributed by atoms with Gasteiger partial charge >= 0.3 is 0 Å². The van der Waals surface area contributed by atoms with Crippen molar-refractivity contribution in [3.63, 3.8) is 0 Å². The summed E-state index contributed by atoms with van der Waals surface area (Å²) >= 11 is 0. The number of fused-ring (bicyclic) bond motifs is 2. The van der Waals surface area contributed by atoms with E-state index < -0.39 is 9.84 Å². The molecule has 1 aliphatic heterocycles. The van der Waals surface area contributed by atoms with Crippen LogP contribution in [-0.2, 0) is 35.8 Å². The number of aryl methyl sites for hydroxylation is 2. The maximum absolute atomic E-state index is 12.5. The SMILES string of the molecule is COc1ccc(-c2cc(C)c3c(c2)CN(c2nc(CN(C)C)nc4c2CC(C)(C)CC4)CCO3)cc1S(C)(=O)=O. The van der Waals surface area contributed by atoms with Gasteiger partial charge in [0.1, 0.15) is 34.6 Å². The number of anilines is 1. The number of ether oxygens (including phenoxy) is 2. The minimum Gasteiger partial charge on any atom is -0.495 e. The summed E-state index contributed by atoms with van der Waals surface area (Å²) in [5, 5.41) is 0. The standard InChI is InChI=1S/C31H40N4O4S/c1-20-14-22(21-8-9-26(38-6)27(16-21)40(7,36)37)15-23-18-35(12-13-39-29(20)23)30-24-17-31(2,3)11-10-25(24)32-28(33-30)19-34(4)5/h8-9,14-16H,10-13,17-19H2,1-7H3. The Labute approximate surface area is 238 Å². The fraction of sp³-hybridized carbons (Fsp3) is 0.484. The van der Waals surface area contributed by atoms with Gasteiger partial charge in [0.15, 0.2) is 9.84 Å². The zero-order valence-electron chi connectivity index (χ0n) is 24.7. The molecule has 0 saturated carbocycles. The summed E-state index contributed by atoms with van der Waals surface area (Å²) in [5.41, 5.74) is 6.45. The molecule has 40 heavy (non-hydrogen) atoms. The zero-order chi connectivity index (χ0) is 28.8. The summed E-state index contributed by atoms with van der Waals surface area (Å²) in [7, 11) is 2.11. The van der Waals surface area contributed by atoms with Crippen molar-refractivity contribution in [3.05, 3.63) is 58.5 Å². The van der Waals surface area contributed by atoms with Gasteiger partial charge in [0, 0.05) is 29.6 Å². The summed E-state index contributed by atoms with van der Waals surface area (Å²) in [6.07, 6.45) is 4.23. The van der Waals surface area contributed by atoms with Gasteiger partial charge in [-0.25, -0.2) is 18.4 Å². The highest BCUT2D eigenvalue weighted by Crippen LogP contribution is 2.40. The van der Waals surface area contributed by atoms with Crippen LogP contribution in [0.15, 0.2) is 35.2 Å². The molecule has 5 rings (SSSR count). The first-order valence-electron chi connectivity index (χ1n) is 13.8. The van der Waals surface area contributed by atoms with Crippen molar-refractivity contribution in [1.82, 2.24) is 14.9 Å². The van der Waals surface area contributed by atoms with Gasteiger partial charge in [0.25, 0.3) is 0 Å². The maximum Gasteiger partial charge on any atom is 0.179 e. The topological polar surface area (TPSA) is 84.9 Å². The minimum atomic E-state index is -3.46. The maximum atomic E-state index is 12.5. The number of hydrogen-bond donors (Lipinski definition) is 0. The lowest BCUT2D eigenvalue weighted by Crippen LogP contribution is -2.32. The van der Waals surface area contributed by atoms with Crippen molar-refractivity contribution in [1.29, 1.82) is 0 Å². The van der Waals surface area contributed by atoms with Crippen molar-refractivity contribution in [2.24, 2.45) is 5.41 Å². The number of sulfone groups is 1. The molecule has 1 aromatic heterocycles. The smallest absolute Gasteiger partial charge is 0.179 e. The molecule has 0 N–H and O–H groups in total. The van der Waals surface area contributed by atoms with E-state index in [0.717, 1.165) is 65.5 Å². The van der Waals surface area contributed by atoms with Gasteiger partial charge in [-0.2, -0.15) is 0 Å². The fourth-order valence-electron chi connectivity index (χ4n) is 5.80. The van der Waals surface area contributed by atoms with Crippen molar-refractivity contribution < 1.29 is 17.9 Å². The second-order valence-corrected chi connectivity index (χ2v) is 14.1. The molecule has 3 aromatic rings. The van der Waals surface area contributed by atoms with Gasteiger partial charge in [-0.3, -0.25) is 0 Å². The van der Waals surface area contributed by atoms with E-state index in [1.165, 1.54) is 24.6 Å². The molecule has 9 heteroatoms. The second kappa shape index (κ2) is 10.7. The highest BCUT2D eigenvalue weighted by molar-refractivity contribution is 7.90. The third-order valence-electron chi connectivity index (χ3n) is 7.79. The van der Waals surface area contributed by atoms with Gasteiger partial charge in [-0.05, 0) is 86.7 Å². The average Bonchev–Trinajstić information content (AvgIpc) is 3.10. The Morgan fingerprint density at radius 2 is 1.90 bits per heavy atom. The largest absolute Gasteiger partial charge is 0.495 e. The summed E-state index contributed by atoms with van der Waals surface area (Å²) in [4.78, 5) is 14.7. The summed E-state index contributed by atoms with van der Waals surface area (Å²) < 4.78 is 36.6. The van der Waals surface area contributed by atoms with E-state index in [-0.39, 0.29) is 10.3 Å². The molecule has 0 bridgehead atoms. The van der Waals surface area contributed by atoms with Crippen LogP contribution >= 0.6 is 0 Å². The highest BCUT2D eigenvalue weighted by atomic mass is 32.2. The second-order valence-electron chi connectivity index (χ2n) is 12.2. The molecule has 2 heterocycles. The van der Waals surface area contributed by atoms with Crippen molar-refractivity contribution in [2.45, 2.75) is 58.0 Å². The Hall–Kier alpha value is -3.17. The first-order valence-corrected chi connectivity index (χ1v) is 15.7. The molecular weight excluding hydrogens is 524 g/mol. The number of benzene rings is 2. The molecule has 0 fully saturated rings. The molecule has 2 aliphatic rings. The van der Waals surface area contributed by atoms with Gasteiger partial charge < -0.3 is 19.3 Å². The molecular formula is C31H40N4O4S. The van der Waals surface area contributed by atoms with Crippen LogP contribution in [0.2, 0.25) is 0 Å². The Kier molecular flexibility index (Phi) is 7.56. The lowest BCUT2D eigenvalue weighted by Gasteiger charge is -2.34. The van der Waals surface area contributed by atoms with Crippen molar-refractivity contribution in [2.75, 3.05) is 45.5 Å². The first-order chi connectivity index (χ1) is 18.8. The highest BCUT2D eigenvalue weighted by Gasteiger charge is 2.32. The van der Waals surface area contributed by atoms with Crippen LogP contribution in [-0.4, -0.2) is 63.9 Å². The number of rotatable bonds is 6. The molecule has 0 radical (unpaired) electrons. The molecule has 2 aromatic carbocycles. The van der Waals surface area contributed by atoms with E-state index in [1.807, 2.05) is 27.1 Å². The number of nitrogens with zero attached hydrogens (tertiary/aromatic N) is 4. The molecule has 0 spiro atoms. The number of aromatic nitrogens is 2. The zero-order valence-corrected chi connectivity index (χ0v) is 25.5. The quantitative estimate of drug-likeness (QED) is 0.421. The van der Waals surface area contributed by atoms with Crippen LogP contribution in [0.25, 0.3) is 11.1 Å². The van der Waals surface area contributed by atoms with E-state index in [0.29, 0.717) is 25.4 Å². The van der Waals surface area contributed by atoms with Crippen LogP contribution in [0.4, 0.5) is 5.82 Å². The molecule has 214 valence electrons. The third kappa shape index (κ3) is 5.81. The Morgan fingerprint density at radius 3 is 2.60 bits per heavy atom. The van der Waals surface area contributed by atoms with E-state index in [1.54, 1.807) is 12.1 Å². The lowest BCUT2D eigenvalue weighted by molar-refractivity contribution is 0.308. The Bertz CT molecular complexity index is 1550. The predicted molar refractivity (Wildman–Crippen MR) is 158 cm³/mol. The molecule has 0 atom stereocenters. The normalized spacial score (nSPS) is 16.6. The van der Waals surface area contributed by atoms with Gasteiger partial charge in [0.05, 0.1) is 20.2 Å². The minimum absolute atomic E-state index is 0.182. The van der Waals surface area contributed by atoms with Gasteiger partial charge in [0.2, 0.25) is 0 Å². The molecule has 1 aliphatic carbocycles. The molecule has 8 nitrogen and oxygen atoms in total. The number of hydrogen-bond acceptors (Lipinski definition) is 8. The molecule has 0 unspecified atom stereocenters. The summed E-state index contributed by atoms with van der Waals surface area (Å²) in [6.45, 7) is 9.29. The average molecular weight is 565 g/mol. The first kappa shape index (κ1) is 28.4. The summed E-state index contributed by atoms with van der Waals surface area (Å²) in [5.74, 6) is 3.09. The Balaban J connectivity index is 1.58.